The van der Waals surface area contributed by atoms with Gasteiger partial charge in [-0.2, -0.15) is 0 Å². The monoisotopic (exact) mass is 372 g/mol. The molecule has 2 rings (SSSR count). The number of piperidine rings is 1. The summed E-state index contributed by atoms with van der Waals surface area (Å²) >= 11 is 12.0. The maximum Gasteiger partial charge on any atom is 0.226 e. The molecule has 134 valence electrons. The minimum Gasteiger partial charge on any atom is -0.491 e. The normalized spacial score (nSPS) is 18.4. The molecule has 0 saturated carbocycles. The number of nitrogens with zero attached hydrogens (tertiary/aromatic N) is 2. The largest absolute Gasteiger partial charge is 0.491 e. The number of likely N-dealkylation sites (tertiary alicyclic amines) is 1. The molecule has 1 aromatic rings. The maximum atomic E-state index is 12.5. The molecule has 0 spiro atoms. The molecule has 1 unspecified atom stereocenters. The minimum absolute atomic E-state index is 0.109. The highest BCUT2D eigenvalue weighted by atomic mass is 35.5. The summed E-state index contributed by atoms with van der Waals surface area (Å²) in [5.41, 5.74) is 0. The number of ether oxygens (including phenoxy) is 1. The standard InChI is InChI=1S/C18H26Cl2N2O2/c1-3-22(4-2)18(23)14-6-5-9-21(13-14)10-11-24-17-8-7-15(19)12-16(17)20/h7-8,12,14H,3-6,9-11,13H2,1-2H3. The fourth-order valence-electron chi connectivity index (χ4n) is 3.13. The summed E-state index contributed by atoms with van der Waals surface area (Å²) in [6, 6.07) is 5.23. The summed E-state index contributed by atoms with van der Waals surface area (Å²) in [7, 11) is 0. The molecule has 0 aromatic heterocycles. The Morgan fingerprint density at radius 3 is 2.75 bits per heavy atom. The van der Waals surface area contributed by atoms with Crippen LogP contribution in [0.3, 0.4) is 0 Å². The molecule has 1 aliphatic rings. The lowest BCUT2D eigenvalue weighted by Gasteiger charge is -2.34. The van der Waals surface area contributed by atoms with Gasteiger partial charge in [-0.1, -0.05) is 23.2 Å². The Morgan fingerprint density at radius 1 is 1.33 bits per heavy atom. The third kappa shape index (κ3) is 5.27. The van der Waals surface area contributed by atoms with Crippen LogP contribution in [0.25, 0.3) is 0 Å². The van der Waals surface area contributed by atoms with Crippen molar-refractivity contribution in [2.24, 2.45) is 5.92 Å². The Kier molecular flexibility index (Phi) is 7.66. The second-order valence-electron chi connectivity index (χ2n) is 6.07. The molecule has 6 heteroatoms. The van der Waals surface area contributed by atoms with Gasteiger partial charge in [0.25, 0.3) is 0 Å². The Bertz CT molecular complexity index is 550. The lowest BCUT2D eigenvalue weighted by molar-refractivity contribution is -0.137. The molecule has 1 aliphatic heterocycles. The summed E-state index contributed by atoms with van der Waals surface area (Å²) in [5, 5.41) is 1.12. The first-order valence-corrected chi connectivity index (χ1v) is 9.39. The number of carbonyl (C=O) groups is 1. The maximum absolute atomic E-state index is 12.5. The van der Waals surface area contributed by atoms with Crippen molar-refractivity contribution in [2.45, 2.75) is 26.7 Å². The average Bonchev–Trinajstić information content (AvgIpc) is 2.58. The predicted molar refractivity (Wildman–Crippen MR) is 99.0 cm³/mol. The van der Waals surface area contributed by atoms with Gasteiger partial charge in [0.15, 0.2) is 0 Å². The van der Waals surface area contributed by atoms with E-state index in [1.165, 1.54) is 0 Å². The molecule has 0 aliphatic carbocycles. The number of amides is 1. The van der Waals surface area contributed by atoms with Crippen LogP contribution < -0.4 is 4.74 Å². The van der Waals surface area contributed by atoms with Crippen molar-refractivity contribution in [1.29, 1.82) is 0 Å². The average molecular weight is 373 g/mol. The molecule has 0 N–H and O–H groups in total. The highest BCUT2D eigenvalue weighted by Crippen LogP contribution is 2.27. The molecule has 4 nitrogen and oxygen atoms in total. The third-order valence-corrected chi connectivity index (χ3v) is 5.02. The molecular weight excluding hydrogens is 347 g/mol. The molecule has 1 heterocycles. The van der Waals surface area contributed by atoms with E-state index in [2.05, 4.69) is 4.90 Å². The van der Waals surface area contributed by atoms with Gasteiger partial charge in [-0.15, -0.1) is 0 Å². The van der Waals surface area contributed by atoms with Crippen LogP contribution in [0.15, 0.2) is 18.2 Å². The second-order valence-corrected chi connectivity index (χ2v) is 6.92. The Morgan fingerprint density at radius 2 is 2.08 bits per heavy atom. The van der Waals surface area contributed by atoms with Crippen molar-refractivity contribution in [1.82, 2.24) is 9.80 Å². The Balaban J connectivity index is 1.81. The molecule has 1 fully saturated rings. The number of benzene rings is 1. The van der Waals surface area contributed by atoms with Crippen molar-refractivity contribution >= 4 is 29.1 Å². The SMILES string of the molecule is CCN(CC)C(=O)C1CCCN(CCOc2ccc(Cl)cc2Cl)C1. The molecule has 24 heavy (non-hydrogen) atoms. The summed E-state index contributed by atoms with van der Waals surface area (Å²) in [4.78, 5) is 16.7. The van der Waals surface area contributed by atoms with Crippen molar-refractivity contribution in [2.75, 3.05) is 39.3 Å². The number of hydrogen-bond donors (Lipinski definition) is 0. The first-order valence-electron chi connectivity index (χ1n) is 8.64. The van der Waals surface area contributed by atoms with Gasteiger partial charge >= 0.3 is 0 Å². The Labute approximate surface area is 154 Å². The highest BCUT2D eigenvalue weighted by molar-refractivity contribution is 6.35. The summed E-state index contributed by atoms with van der Waals surface area (Å²) in [6.07, 6.45) is 2.04. The van der Waals surface area contributed by atoms with Gasteiger partial charge in [-0.3, -0.25) is 9.69 Å². The van der Waals surface area contributed by atoms with E-state index in [1.807, 2.05) is 18.7 Å². The van der Waals surface area contributed by atoms with Gasteiger partial charge < -0.3 is 9.64 Å². The summed E-state index contributed by atoms with van der Waals surface area (Å²) < 4.78 is 5.75. The van der Waals surface area contributed by atoms with Gasteiger partial charge in [0.05, 0.1) is 10.9 Å². The molecule has 1 atom stereocenters. The highest BCUT2D eigenvalue weighted by Gasteiger charge is 2.28. The molecular formula is C18H26Cl2N2O2. The van der Waals surface area contributed by atoms with E-state index in [9.17, 15) is 4.79 Å². The van der Waals surface area contributed by atoms with Crippen LogP contribution in [-0.4, -0.2) is 55.0 Å². The van der Waals surface area contributed by atoms with Crippen molar-refractivity contribution < 1.29 is 9.53 Å². The van der Waals surface area contributed by atoms with E-state index >= 15 is 0 Å². The van der Waals surface area contributed by atoms with Crippen LogP contribution in [0.4, 0.5) is 0 Å². The van der Waals surface area contributed by atoms with Gasteiger partial charge in [-0.05, 0) is 51.4 Å². The molecule has 0 bridgehead atoms. The van der Waals surface area contributed by atoms with Crippen LogP contribution in [0.5, 0.6) is 5.75 Å². The lowest BCUT2D eigenvalue weighted by Crippen LogP contribution is -2.45. The van der Waals surface area contributed by atoms with E-state index in [0.717, 1.165) is 45.6 Å². The fraction of sp³-hybridized carbons (Fsp3) is 0.611. The zero-order valence-corrected chi connectivity index (χ0v) is 15.9. The number of halogens is 2. The van der Waals surface area contributed by atoms with E-state index in [1.54, 1.807) is 18.2 Å². The second kappa shape index (κ2) is 9.50. The minimum atomic E-state index is 0.109. The van der Waals surface area contributed by atoms with Crippen LogP contribution in [0.1, 0.15) is 26.7 Å². The first-order chi connectivity index (χ1) is 11.5. The predicted octanol–water partition coefficient (Wildman–Crippen LogP) is 3.95. The number of rotatable bonds is 7. The smallest absolute Gasteiger partial charge is 0.226 e. The van der Waals surface area contributed by atoms with Gasteiger partial charge in [0.2, 0.25) is 5.91 Å². The van der Waals surface area contributed by atoms with Crippen LogP contribution in [-0.2, 0) is 4.79 Å². The van der Waals surface area contributed by atoms with E-state index < -0.39 is 0 Å². The number of carbonyl (C=O) groups excluding carboxylic acids is 1. The zero-order chi connectivity index (χ0) is 17.5. The van der Waals surface area contributed by atoms with Gasteiger partial charge in [-0.25, -0.2) is 0 Å². The summed E-state index contributed by atoms with van der Waals surface area (Å²) in [5.74, 6) is 1.04. The van der Waals surface area contributed by atoms with Crippen LogP contribution in [0.2, 0.25) is 10.0 Å². The molecule has 1 aromatic carbocycles. The summed E-state index contributed by atoms with van der Waals surface area (Å²) in [6.45, 7) is 8.80. The van der Waals surface area contributed by atoms with Gasteiger partial charge in [0, 0.05) is 31.2 Å². The zero-order valence-electron chi connectivity index (χ0n) is 14.4. The van der Waals surface area contributed by atoms with Crippen LogP contribution >= 0.6 is 23.2 Å². The van der Waals surface area contributed by atoms with E-state index in [4.69, 9.17) is 27.9 Å². The fourth-order valence-corrected chi connectivity index (χ4v) is 3.59. The molecule has 1 amide bonds. The van der Waals surface area contributed by atoms with Gasteiger partial charge in [0.1, 0.15) is 12.4 Å². The quantitative estimate of drug-likeness (QED) is 0.726. The third-order valence-electron chi connectivity index (χ3n) is 4.49. The van der Waals surface area contributed by atoms with E-state index in [-0.39, 0.29) is 11.8 Å². The number of hydrogen-bond acceptors (Lipinski definition) is 3. The van der Waals surface area contributed by atoms with Crippen LogP contribution in [0, 0.1) is 5.92 Å². The molecule has 0 radical (unpaired) electrons. The molecule has 1 saturated heterocycles. The lowest BCUT2D eigenvalue weighted by atomic mass is 9.96. The van der Waals surface area contributed by atoms with Crippen molar-refractivity contribution in [3.8, 4) is 5.75 Å². The van der Waals surface area contributed by atoms with E-state index in [0.29, 0.717) is 22.4 Å². The Hall–Kier alpha value is -0.970. The van der Waals surface area contributed by atoms with Crippen molar-refractivity contribution in [3.05, 3.63) is 28.2 Å². The van der Waals surface area contributed by atoms with Crippen molar-refractivity contribution in [3.63, 3.8) is 0 Å². The first kappa shape index (κ1) is 19.4. The topological polar surface area (TPSA) is 32.8 Å².